The Bertz CT molecular complexity index is 411. The quantitative estimate of drug-likeness (QED) is 0.807. The van der Waals surface area contributed by atoms with Crippen molar-refractivity contribution < 1.29 is 5.11 Å². The van der Waals surface area contributed by atoms with Crippen LogP contribution in [0.1, 0.15) is 11.4 Å². The molecule has 2 aromatic rings. The second-order valence-corrected chi connectivity index (χ2v) is 3.31. The highest BCUT2D eigenvalue weighted by Gasteiger charge is 2.00. The number of rotatable bonds is 4. The molecule has 15 heavy (non-hydrogen) atoms. The molecule has 4 heteroatoms. The summed E-state index contributed by atoms with van der Waals surface area (Å²) in [5, 5.41) is 9.03. The number of aromatic nitrogens is 3. The summed E-state index contributed by atoms with van der Waals surface area (Å²) >= 11 is 0. The van der Waals surface area contributed by atoms with Crippen molar-refractivity contribution in [1.29, 1.82) is 0 Å². The summed E-state index contributed by atoms with van der Waals surface area (Å²) in [6.45, 7) is 0.828. The van der Waals surface area contributed by atoms with Gasteiger partial charge in [-0.15, -0.1) is 0 Å². The summed E-state index contributed by atoms with van der Waals surface area (Å²) in [7, 11) is 0. The van der Waals surface area contributed by atoms with E-state index in [0.717, 1.165) is 24.4 Å². The first-order chi connectivity index (χ1) is 7.40. The third-order valence-electron chi connectivity index (χ3n) is 2.30. The number of aryl methyl sites for hydroxylation is 2. The molecule has 2 rings (SSSR count). The molecule has 0 aliphatic rings. The van der Waals surface area contributed by atoms with Crippen molar-refractivity contribution in [1.82, 2.24) is 14.5 Å². The van der Waals surface area contributed by atoms with Crippen LogP contribution in [0.25, 0.3) is 0 Å². The maximum absolute atomic E-state index is 9.03. The Kier molecular flexibility index (Phi) is 3.09. The van der Waals surface area contributed by atoms with Gasteiger partial charge in [-0.2, -0.15) is 0 Å². The van der Waals surface area contributed by atoms with Gasteiger partial charge in [0, 0.05) is 24.9 Å². The average molecular weight is 203 g/mol. The minimum absolute atomic E-state index is 0.0300. The molecule has 1 N–H and O–H groups in total. The first-order valence-electron chi connectivity index (χ1n) is 4.90. The molecule has 0 bridgehead atoms. The highest BCUT2D eigenvalue weighted by Crippen LogP contribution is 2.02. The number of hydrogen-bond acceptors (Lipinski definition) is 3. The summed E-state index contributed by atoms with van der Waals surface area (Å²) in [5.41, 5.74) is 1.89. The Morgan fingerprint density at radius 1 is 1.33 bits per heavy atom. The van der Waals surface area contributed by atoms with Gasteiger partial charge in [0.05, 0.1) is 24.8 Å². The maximum atomic E-state index is 9.03. The fourth-order valence-corrected chi connectivity index (χ4v) is 1.46. The van der Waals surface area contributed by atoms with Crippen molar-refractivity contribution in [3.63, 3.8) is 0 Å². The van der Waals surface area contributed by atoms with E-state index in [0.29, 0.717) is 0 Å². The van der Waals surface area contributed by atoms with Gasteiger partial charge >= 0.3 is 0 Å². The van der Waals surface area contributed by atoms with Crippen molar-refractivity contribution in [3.05, 3.63) is 48.3 Å². The van der Waals surface area contributed by atoms with Gasteiger partial charge in [0.25, 0.3) is 0 Å². The fourth-order valence-electron chi connectivity index (χ4n) is 1.46. The van der Waals surface area contributed by atoms with E-state index in [-0.39, 0.29) is 6.61 Å². The Balaban J connectivity index is 1.99. The monoisotopic (exact) mass is 203 g/mol. The molecule has 0 atom stereocenters. The van der Waals surface area contributed by atoms with Gasteiger partial charge in [-0.05, 0) is 12.1 Å². The molecule has 0 saturated carbocycles. The van der Waals surface area contributed by atoms with Crippen molar-refractivity contribution in [3.8, 4) is 0 Å². The van der Waals surface area contributed by atoms with E-state index in [1.165, 1.54) is 0 Å². The van der Waals surface area contributed by atoms with Gasteiger partial charge in [0.2, 0.25) is 0 Å². The molecule has 0 aromatic carbocycles. The maximum Gasteiger partial charge on any atom is 0.0948 e. The number of pyridine rings is 1. The highest BCUT2D eigenvalue weighted by molar-refractivity contribution is 5.04. The molecule has 78 valence electrons. The van der Waals surface area contributed by atoms with Crippen molar-refractivity contribution >= 4 is 0 Å². The van der Waals surface area contributed by atoms with Gasteiger partial charge in [-0.1, -0.05) is 6.07 Å². The Labute approximate surface area is 88.2 Å². The molecule has 0 unspecified atom stereocenters. The van der Waals surface area contributed by atoms with E-state index in [2.05, 4.69) is 9.97 Å². The molecule has 2 aromatic heterocycles. The smallest absolute Gasteiger partial charge is 0.0948 e. The zero-order valence-electron chi connectivity index (χ0n) is 8.37. The molecule has 0 spiro atoms. The lowest BCUT2D eigenvalue weighted by molar-refractivity contribution is 0.270. The SMILES string of the molecule is OCc1cncn1CCc1ccccn1. The molecule has 0 aliphatic heterocycles. The average Bonchev–Trinajstić information content (AvgIpc) is 2.75. The molecule has 2 heterocycles. The van der Waals surface area contributed by atoms with Crippen LogP contribution in [-0.4, -0.2) is 19.6 Å². The zero-order chi connectivity index (χ0) is 10.5. The highest BCUT2D eigenvalue weighted by atomic mass is 16.3. The number of hydrogen-bond donors (Lipinski definition) is 1. The summed E-state index contributed by atoms with van der Waals surface area (Å²) < 4.78 is 1.94. The van der Waals surface area contributed by atoms with Crippen molar-refractivity contribution in [2.45, 2.75) is 19.6 Å². The first kappa shape index (κ1) is 9.86. The number of aliphatic hydroxyl groups is 1. The summed E-state index contributed by atoms with van der Waals surface area (Å²) in [6, 6.07) is 5.87. The first-order valence-corrected chi connectivity index (χ1v) is 4.90. The van der Waals surface area contributed by atoms with E-state index in [4.69, 9.17) is 5.11 Å². The van der Waals surface area contributed by atoms with Crippen LogP contribution in [0.3, 0.4) is 0 Å². The van der Waals surface area contributed by atoms with E-state index in [1.54, 1.807) is 18.7 Å². The molecule has 0 fully saturated rings. The predicted octanol–water partition coefficient (Wildman–Crippen LogP) is 1.01. The topological polar surface area (TPSA) is 50.9 Å². The van der Waals surface area contributed by atoms with Gasteiger partial charge in [0.1, 0.15) is 0 Å². The van der Waals surface area contributed by atoms with E-state index < -0.39 is 0 Å². The lowest BCUT2D eigenvalue weighted by Gasteiger charge is -2.05. The largest absolute Gasteiger partial charge is 0.390 e. The van der Waals surface area contributed by atoms with Crippen LogP contribution in [0.5, 0.6) is 0 Å². The third-order valence-corrected chi connectivity index (χ3v) is 2.30. The van der Waals surface area contributed by atoms with Crippen molar-refractivity contribution in [2.24, 2.45) is 0 Å². The van der Waals surface area contributed by atoms with Gasteiger partial charge in [-0.25, -0.2) is 4.98 Å². The van der Waals surface area contributed by atoms with Crippen LogP contribution >= 0.6 is 0 Å². The van der Waals surface area contributed by atoms with Crippen molar-refractivity contribution in [2.75, 3.05) is 0 Å². The Morgan fingerprint density at radius 2 is 2.27 bits per heavy atom. The van der Waals surface area contributed by atoms with Crippen LogP contribution in [0, 0.1) is 0 Å². The summed E-state index contributed by atoms with van der Waals surface area (Å²) in [4.78, 5) is 8.23. The number of nitrogens with zero attached hydrogens (tertiary/aromatic N) is 3. The zero-order valence-corrected chi connectivity index (χ0v) is 8.37. The van der Waals surface area contributed by atoms with Crippen LogP contribution in [-0.2, 0) is 19.6 Å². The van der Waals surface area contributed by atoms with Crippen LogP contribution in [0.4, 0.5) is 0 Å². The normalized spacial score (nSPS) is 10.5. The molecule has 0 aliphatic carbocycles. The third kappa shape index (κ3) is 2.41. The minimum atomic E-state index is 0.0300. The van der Waals surface area contributed by atoms with E-state index in [9.17, 15) is 0 Å². The van der Waals surface area contributed by atoms with E-state index in [1.807, 2.05) is 22.8 Å². The molecule has 0 saturated heterocycles. The van der Waals surface area contributed by atoms with Crippen LogP contribution in [0.15, 0.2) is 36.9 Å². The second kappa shape index (κ2) is 4.70. The van der Waals surface area contributed by atoms with Gasteiger partial charge < -0.3 is 9.67 Å². The second-order valence-electron chi connectivity index (χ2n) is 3.31. The lowest BCUT2D eigenvalue weighted by atomic mass is 10.2. The number of aliphatic hydroxyl groups excluding tert-OH is 1. The molecule has 4 nitrogen and oxygen atoms in total. The van der Waals surface area contributed by atoms with Crippen LogP contribution < -0.4 is 0 Å². The molecule has 0 amide bonds. The molecule has 0 radical (unpaired) electrons. The summed E-state index contributed by atoms with van der Waals surface area (Å²) in [6.07, 6.45) is 6.05. The van der Waals surface area contributed by atoms with Gasteiger partial charge in [0.15, 0.2) is 0 Å². The Hall–Kier alpha value is -1.68. The van der Waals surface area contributed by atoms with Crippen LogP contribution in [0.2, 0.25) is 0 Å². The Morgan fingerprint density at radius 3 is 3.00 bits per heavy atom. The van der Waals surface area contributed by atoms with Gasteiger partial charge in [-0.3, -0.25) is 4.98 Å². The molecular formula is C11H13N3O. The minimum Gasteiger partial charge on any atom is -0.390 e. The molecular weight excluding hydrogens is 190 g/mol. The number of imidazole rings is 1. The van der Waals surface area contributed by atoms with E-state index >= 15 is 0 Å². The summed E-state index contributed by atoms with van der Waals surface area (Å²) in [5.74, 6) is 0. The lowest BCUT2D eigenvalue weighted by Crippen LogP contribution is -2.05. The fraction of sp³-hybridized carbons (Fsp3) is 0.273. The predicted molar refractivity (Wildman–Crippen MR) is 56.1 cm³/mol. The standard InChI is InChI=1S/C11H13N3O/c15-8-11-7-12-9-14(11)6-4-10-3-1-2-5-13-10/h1-3,5,7,9,15H,4,6,8H2.